The zero-order valence-electron chi connectivity index (χ0n) is 8.76. The number of aliphatic hydroxyl groups is 1. The van der Waals surface area contributed by atoms with Crippen LogP contribution in [-0.4, -0.2) is 24.3 Å². The SMILES string of the molecule is CCCCC(O)C1CCCNCC1. The minimum absolute atomic E-state index is 0.0418. The largest absolute Gasteiger partial charge is 0.393 e. The summed E-state index contributed by atoms with van der Waals surface area (Å²) < 4.78 is 0. The normalized spacial score (nSPS) is 26.8. The Bertz CT molecular complexity index is 119. The van der Waals surface area contributed by atoms with Crippen molar-refractivity contribution in [3.05, 3.63) is 0 Å². The summed E-state index contributed by atoms with van der Waals surface area (Å²) in [6.07, 6.45) is 6.92. The van der Waals surface area contributed by atoms with Gasteiger partial charge in [0.25, 0.3) is 0 Å². The third-order valence-corrected chi connectivity index (χ3v) is 3.02. The first-order valence-electron chi connectivity index (χ1n) is 5.73. The quantitative estimate of drug-likeness (QED) is 0.701. The highest BCUT2D eigenvalue weighted by molar-refractivity contribution is 4.73. The molecule has 1 fully saturated rings. The van der Waals surface area contributed by atoms with Crippen molar-refractivity contribution in [1.82, 2.24) is 5.32 Å². The first-order chi connectivity index (χ1) is 6.34. The van der Waals surface area contributed by atoms with E-state index in [1.54, 1.807) is 0 Å². The summed E-state index contributed by atoms with van der Waals surface area (Å²) >= 11 is 0. The number of unbranched alkanes of at least 4 members (excludes halogenated alkanes) is 1. The third kappa shape index (κ3) is 4.10. The van der Waals surface area contributed by atoms with E-state index in [0.717, 1.165) is 25.9 Å². The molecule has 0 aromatic rings. The molecule has 78 valence electrons. The van der Waals surface area contributed by atoms with Crippen molar-refractivity contribution in [1.29, 1.82) is 0 Å². The summed E-state index contributed by atoms with van der Waals surface area (Å²) in [6, 6.07) is 0. The molecule has 0 spiro atoms. The Morgan fingerprint density at radius 1 is 1.38 bits per heavy atom. The molecule has 13 heavy (non-hydrogen) atoms. The molecule has 1 saturated heterocycles. The van der Waals surface area contributed by atoms with Gasteiger partial charge in [-0.05, 0) is 44.7 Å². The van der Waals surface area contributed by atoms with Gasteiger partial charge < -0.3 is 10.4 Å². The summed E-state index contributed by atoms with van der Waals surface area (Å²) in [4.78, 5) is 0. The van der Waals surface area contributed by atoms with Crippen LogP contribution in [-0.2, 0) is 0 Å². The van der Waals surface area contributed by atoms with E-state index in [4.69, 9.17) is 0 Å². The number of rotatable bonds is 4. The topological polar surface area (TPSA) is 32.3 Å². The van der Waals surface area contributed by atoms with Crippen LogP contribution in [0.25, 0.3) is 0 Å². The number of aliphatic hydroxyl groups excluding tert-OH is 1. The van der Waals surface area contributed by atoms with E-state index in [0.29, 0.717) is 5.92 Å². The van der Waals surface area contributed by atoms with Crippen LogP contribution in [0.4, 0.5) is 0 Å². The van der Waals surface area contributed by atoms with Crippen LogP contribution in [0.5, 0.6) is 0 Å². The van der Waals surface area contributed by atoms with Gasteiger partial charge in [-0.25, -0.2) is 0 Å². The molecular weight excluding hydrogens is 162 g/mol. The van der Waals surface area contributed by atoms with Crippen molar-refractivity contribution in [2.45, 2.75) is 51.6 Å². The molecule has 2 heteroatoms. The number of hydrogen-bond acceptors (Lipinski definition) is 2. The van der Waals surface area contributed by atoms with Crippen molar-refractivity contribution in [3.8, 4) is 0 Å². The van der Waals surface area contributed by atoms with Gasteiger partial charge in [0.1, 0.15) is 0 Å². The second kappa shape index (κ2) is 6.39. The van der Waals surface area contributed by atoms with Gasteiger partial charge in [-0.1, -0.05) is 19.8 Å². The molecule has 1 aliphatic heterocycles. The Hall–Kier alpha value is -0.0800. The highest BCUT2D eigenvalue weighted by Crippen LogP contribution is 2.21. The fourth-order valence-electron chi connectivity index (χ4n) is 2.08. The predicted molar refractivity (Wildman–Crippen MR) is 55.7 cm³/mol. The van der Waals surface area contributed by atoms with Crippen LogP contribution in [0.2, 0.25) is 0 Å². The Labute approximate surface area is 81.7 Å². The van der Waals surface area contributed by atoms with Gasteiger partial charge in [0.15, 0.2) is 0 Å². The number of nitrogens with one attached hydrogen (secondary N) is 1. The molecule has 0 amide bonds. The van der Waals surface area contributed by atoms with E-state index in [1.807, 2.05) is 0 Å². The minimum atomic E-state index is -0.0418. The van der Waals surface area contributed by atoms with Crippen molar-refractivity contribution < 1.29 is 5.11 Å². The monoisotopic (exact) mass is 185 g/mol. The Kier molecular flexibility index (Phi) is 5.40. The first-order valence-corrected chi connectivity index (χ1v) is 5.73. The maximum atomic E-state index is 9.90. The molecule has 0 saturated carbocycles. The second-order valence-corrected chi connectivity index (χ2v) is 4.15. The standard InChI is InChI=1S/C11H23NO/c1-2-3-6-11(13)10-5-4-8-12-9-7-10/h10-13H,2-9H2,1H3. The fourth-order valence-corrected chi connectivity index (χ4v) is 2.08. The minimum Gasteiger partial charge on any atom is -0.393 e. The molecule has 0 aromatic heterocycles. The molecule has 2 unspecified atom stereocenters. The van der Waals surface area contributed by atoms with Crippen molar-refractivity contribution in [2.75, 3.05) is 13.1 Å². The third-order valence-electron chi connectivity index (χ3n) is 3.02. The Morgan fingerprint density at radius 3 is 3.00 bits per heavy atom. The number of hydrogen-bond donors (Lipinski definition) is 2. The highest BCUT2D eigenvalue weighted by atomic mass is 16.3. The van der Waals surface area contributed by atoms with Crippen LogP contribution >= 0.6 is 0 Å². The van der Waals surface area contributed by atoms with Gasteiger partial charge in [0.2, 0.25) is 0 Å². The lowest BCUT2D eigenvalue weighted by atomic mass is 9.91. The van der Waals surface area contributed by atoms with Crippen molar-refractivity contribution >= 4 is 0 Å². The molecule has 0 aromatic carbocycles. The maximum absolute atomic E-state index is 9.90. The van der Waals surface area contributed by atoms with E-state index >= 15 is 0 Å². The summed E-state index contributed by atoms with van der Waals surface area (Å²) in [6.45, 7) is 4.41. The van der Waals surface area contributed by atoms with E-state index < -0.39 is 0 Å². The lowest BCUT2D eigenvalue weighted by Gasteiger charge is -2.20. The van der Waals surface area contributed by atoms with Crippen LogP contribution in [0.15, 0.2) is 0 Å². The Balaban J connectivity index is 2.22. The average molecular weight is 185 g/mol. The Morgan fingerprint density at radius 2 is 2.23 bits per heavy atom. The summed E-state index contributed by atoms with van der Waals surface area (Å²) in [7, 11) is 0. The van der Waals surface area contributed by atoms with Gasteiger partial charge in [-0.2, -0.15) is 0 Å². The summed E-state index contributed by atoms with van der Waals surface area (Å²) in [5.74, 6) is 0.557. The van der Waals surface area contributed by atoms with E-state index in [1.165, 1.54) is 25.7 Å². The van der Waals surface area contributed by atoms with Gasteiger partial charge in [0, 0.05) is 0 Å². The van der Waals surface area contributed by atoms with E-state index in [-0.39, 0.29) is 6.10 Å². The second-order valence-electron chi connectivity index (χ2n) is 4.15. The molecule has 2 atom stereocenters. The lowest BCUT2D eigenvalue weighted by Crippen LogP contribution is -2.22. The molecule has 1 rings (SSSR count). The lowest BCUT2D eigenvalue weighted by molar-refractivity contribution is 0.0896. The summed E-state index contributed by atoms with van der Waals surface area (Å²) in [5, 5.41) is 13.3. The van der Waals surface area contributed by atoms with E-state index in [2.05, 4.69) is 12.2 Å². The molecule has 0 radical (unpaired) electrons. The van der Waals surface area contributed by atoms with Crippen molar-refractivity contribution in [3.63, 3.8) is 0 Å². The van der Waals surface area contributed by atoms with Gasteiger partial charge >= 0.3 is 0 Å². The van der Waals surface area contributed by atoms with Gasteiger partial charge in [0.05, 0.1) is 6.10 Å². The van der Waals surface area contributed by atoms with Gasteiger partial charge in [-0.3, -0.25) is 0 Å². The molecular formula is C11H23NO. The van der Waals surface area contributed by atoms with Crippen LogP contribution < -0.4 is 5.32 Å². The highest BCUT2D eigenvalue weighted by Gasteiger charge is 2.19. The van der Waals surface area contributed by atoms with Crippen LogP contribution in [0.3, 0.4) is 0 Å². The van der Waals surface area contributed by atoms with E-state index in [9.17, 15) is 5.11 Å². The molecule has 2 nitrogen and oxygen atoms in total. The first kappa shape index (κ1) is 11.0. The molecule has 0 aliphatic carbocycles. The van der Waals surface area contributed by atoms with Crippen LogP contribution in [0.1, 0.15) is 45.4 Å². The molecule has 0 bridgehead atoms. The molecule has 2 N–H and O–H groups in total. The molecule has 1 aliphatic rings. The zero-order chi connectivity index (χ0) is 9.52. The van der Waals surface area contributed by atoms with Crippen molar-refractivity contribution in [2.24, 2.45) is 5.92 Å². The van der Waals surface area contributed by atoms with Crippen LogP contribution in [0, 0.1) is 5.92 Å². The average Bonchev–Trinajstić information content (AvgIpc) is 2.42. The van der Waals surface area contributed by atoms with Gasteiger partial charge in [-0.15, -0.1) is 0 Å². The predicted octanol–water partition coefficient (Wildman–Crippen LogP) is 1.93. The fraction of sp³-hybridized carbons (Fsp3) is 1.00. The smallest absolute Gasteiger partial charge is 0.0568 e. The molecule has 1 heterocycles. The zero-order valence-corrected chi connectivity index (χ0v) is 8.76. The maximum Gasteiger partial charge on any atom is 0.0568 e. The summed E-state index contributed by atoms with van der Waals surface area (Å²) in [5.41, 5.74) is 0.